The normalized spacial score (nSPS) is 10.5. The van der Waals surface area contributed by atoms with Gasteiger partial charge in [-0.25, -0.2) is 4.39 Å². The van der Waals surface area contributed by atoms with Gasteiger partial charge in [0.05, 0.1) is 7.11 Å². The first-order valence-corrected chi connectivity index (χ1v) is 7.19. The summed E-state index contributed by atoms with van der Waals surface area (Å²) in [5, 5.41) is 3.25. The third-order valence-corrected chi connectivity index (χ3v) is 3.22. The Morgan fingerprint density at radius 2 is 2.18 bits per heavy atom. The van der Waals surface area contributed by atoms with E-state index in [0.29, 0.717) is 17.9 Å². The monoisotopic (exact) mass is 257 g/mol. The minimum atomic E-state index is -0.207. The van der Waals surface area contributed by atoms with Gasteiger partial charge in [0.25, 0.3) is 0 Å². The second kappa shape index (κ2) is 8.37. The van der Waals surface area contributed by atoms with Crippen LogP contribution in [0.4, 0.5) is 4.39 Å². The molecular formula is C13H20FNOS. The predicted molar refractivity (Wildman–Crippen MR) is 72.3 cm³/mol. The lowest BCUT2D eigenvalue weighted by molar-refractivity contribution is 0.410. The summed E-state index contributed by atoms with van der Waals surface area (Å²) in [6.07, 6.45) is 4.46. The number of halogens is 1. The average molecular weight is 257 g/mol. The van der Waals surface area contributed by atoms with Gasteiger partial charge in [0.1, 0.15) is 11.6 Å². The first kappa shape index (κ1) is 14.3. The van der Waals surface area contributed by atoms with E-state index in [0.717, 1.165) is 13.0 Å². The Bertz CT molecular complexity index is 333. The Morgan fingerprint density at radius 3 is 2.82 bits per heavy atom. The van der Waals surface area contributed by atoms with Crippen molar-refractivity contribution in [2.45, 2.75) is 19.4 Å². The number of thioether (sulfide) groups is 1. The first-order chi connectivity index (χ1) is 8.27. The van der Waals surface area contributed by atoms with Crippen molar-refractivity contribution in [3.8, 4) is 5.75 Å². The Balaban J connectivity index is 2.27. The molecule has 0 aliphatic carbocycles. The molecule has 0 heterocycles. The zero-order chi connectivity index (χ0) is 12.5. The van der Waals surface area contributed by atoms with Crippen LogP contribution in [0, 0.1) is 5.82 Å². The van der Waals surface area contributed by atoms with Gasteiger partial charge < -0.3 is 10.1 Å². The Morgan fingerprint density at radius 1 is 1.35 bits per heavy atom. The fourth-order valence-electron chi connectivity index (χ4n) is 1.52. The number of hydrogen-bond acceptors (Lipinski definition) is 3. The molecule has 1 rings (SSSR count). The molecule has 0 bridgehead atoms. The Kier molecular flexibility index (Phi) is 7.05. The second-order valence-electron chi connectivity index (χ2n) is 3.83. The third kappa shape index (κ3) is 5.41. The highest BCUT2D eigenvalue weighted by Gasteiger charge is 2.03. The molecule has 17 heavy (non-hydrogen) atoms. The highest BCUT2D eigenvalue weighted by Crippen LogP contribution is 2.15. The largest absolute Gasteiger partial charge is 0.497 e. The topological polar surface area (TPSA) is 21.3 Å². The van der Waals surface area contributed by atoms with Crippen molar-refractivity contribution in [2.24, 2.45) is 0 Å². The smallest absolute Gasteiger partial charge is 0.131 e. The maximum absolute atomic E-state index is 13.5. The summed E-state index contributed by atoms with van der Waals surface area (Å²) in [7, 11) is 1.54. The minimum absolute atomic E-state index is 0.207. The molecule has 0 unspecified atom stereocenters. The van der Waals surface area contributed by atoms with Crippen LogP contribution in [0.15, 0.2) is 18.2 Å². The van der Waals surface area contributed by atoms with E-state index in [9.17, 15) is 4.39 Å². The molecule has 2 nitrogen and oxygen atoms in total. The summed E-state index contributed by atoms with van der Waals surface area (Å²) in [4.78, 5) is 0. The van der Waals surface area contributed by atoms with Crippen molar-refractivity contribution in [3.63, 3.8) is 0 Å². The van der Waals surface area contributed by atoms with E-state index in [2.05, 4.69) is 11.6 Å². The van der Waals surface area contributed by atoms with Gasteiger partial charge in [0.2, 0.25) is 0 Å². The fraction of sp³-hybridized carbons (Fsp3) is 0.538. The van der Waals surface area contributed by atoms with Gasteiger partial charge in [-0.05, 0) is 37.5 Å². The maximum atomic E-state index is 13.5. The van der Waals surface area contributed by atoms with Crippen molar-refractivity contribution in [1.29, 1.82) is 0 Å². The van der Waals surface area contributed by atoms with E-state index < -0.39 is 0 Å². The molecule has 0 aliphatic heterocycles. The molecule has 0 fully saturated rings. The highest BCUT2D eigenvalue weighted by molar-refractivity contribution is 7.98. The summed E-state index contributed by atoms with van der Waals surface area (Å²) in [5.41, 5.74) is 0.690. The predicted octanol–water partition coefficient (Wildman–Crippen LogP) is 3.07. The lowest BCUT2D eigenvalue weighted by atomic mass is 10.2. The van der Waals surface area contributed by atoms with Gasteiger partial charge in [-0.2, -0.15) is 11.8 Å². The third-order valence-electron chi connectivity index (χ3n) is 2.53. The number of hydrogen-bond donors (Lipinski definition) is 1. The standard InChI is InChI=1S/C13H20FNOS/c1-16-12-6-5-11(13(14)9-12)10-15-7-3-4-8-17-2/h5-6,9,15H,3-4,7-8,10H2,1-2H3. The molecular weight excluding hydrogens is 237 g/mol. The van der Waals surface area contributed by atoms with Crippen LogP contribution in [0.3, 0.4) is 0 Å². The van der Waals surface area contributed by atoms with Crippen LogP contribution in [0.1, 0.15) is 18.4 Å². The SMILES string of the molecule is COc1ccc(CNCCCCSC)c(F)c1. The summed E-state index contributed by atoms with van der Waals surface area (Å²) < 4.78 is 18.5. The molecule has 0 aliphatic rings. The summed E-state index contributed by atoms with van der Waals surface area (Å²) in [6, 6.07) is 4.97. The van der Waals surface area contributed by atoms with Gasteiger partial charge in [0, 0.05) is 18.2 Å². The van der Waals surface area contributed by atoms with E-state index in [-0.39, 0.29) is 5.82 Å². The molecule has 0 amide bonds. The van der Waals surface area contributed by atoms with Gasteiger partial charge in [0.15, 0.2) is 0 Å². The lowest BCUT2D eigenvalue weighted by Gasteiger charge is -2.07. The number of ether oxygens (including phenoxy) is 1. The molecule has 4 heteroatoms. The zero-order valence-corrected chi connectivity index (χ0v) is 11.3. The molecule has 0 atom stereocenters. The fourth-order valence-corrected chi connectivity index (χ4v) is 2.01. The number of nitrogens with one attached hydrogen (secondary N) is 1. The quantitative estimate of drug-likeness (QED) is 0.723. The molecule has 0 aromatic heterocycles. The van der Waals surface area contributed by atoms with Crippen molar-refractivity contribution in [2.75, 3.05) is 25.7 Å². The molecule has 0 saturated heterocycles. The van der Waals surface area contributed by atoms with Crippen LogP contribution in [0.2, 0.25) is 0 Å². The highest BCUT2D eigenvalue weighted by atomic mass is 32.2. The number of methoxy groups -OCH3 is 1. The Labute approximate surface area is 107 Å². The molecule has 1 N–H and O–H groups in total. The molecule has 1 aromatic rings. The van der Waals surface area contributed by atoms with Gasteiger partial charge in [-0.15, -0.1) is 0 Å². The average Bonchev–Trinajstić information content (AvgIpc) is 2.35. The number of benzene rings is 1. The van der Waals surface area contributed by atoms with E-state index in [4.69, 9.17) is 4.74 Å². The number of rotatable bonds is 8. The van der Waals surface area contributed by atoms with E-state index >= 15 is 0 Å². The van der Waals surface area contributed by atoms with Gasteiger partial charge >= 0.3 is 0 Å². The van der Waals surface area contributed by atoms with Gasteiger partial charge in [-0.3, -0.25) is 0 Å². The van der Waals surface area contributed by atoms with Gasteiger partial charge in [-0.1, -0.05) is 6.07 Å². The van der Waals surface area contributed by atoms with Crippen molar-refractivity contribution < 1.29 is 9.13 Å². The van der Waals surface area contributed by atoms with E-state index in [1.165, 1.54) is 18.2 Å². The molecule has 0 radical (unpaired) electrons. The van der Waals surface area contributed by atoms with Crippen LogP contribution in [0.5, 0.6) is 5.75 Å². The van der Waals surface area contributed by atoms with E-state index in [1.54, 1.807) is 19.2 Å². The van der Waals surface area contributed by atoms with E-state index in [1.807, 2.05) is 11.8 Å². The van der Waals surface area contributed by atoms with Crippen LogP contribution in [0.25, 0.3) is 0 Å². The molecule has 96 valence electrons. The Hall–Kier alpha value is -0.740. The first-order valence-electron chi connectivity index (χ1n) is 5.80. The van der Waals surface area contributed by atoms with Crippen LogP contribution in [-0.4, -0.2) is 25.7 Å². The second-order valence-corrected chi connectivity index (χ2v) is 4.82. The summed E-state index contributed by atoms with van der Waals surface area (Å²) in [5.74, 6) is 1.55. The zero-order valence-electron chi connectivity index (χ0n) is 10.5. The number of unbranched alkanes of at least 4 members (excludes halogenated alkanes) is 1. The van der Waals surface area contributed by atoms with Crippen molar-refractivity contribution >= 4 is 11.8 Å². The maximum Gasteiger partial charge on any atom is 0.131 e. The summed E-state index contributed by atoms with van der Waals surface area (Å²) in [6.45, 7) is 1.52. The molecule has 0 saturated carbocycles. The minimum Gasteiger partial charge on any atom is -0.497 e. The lowest BCUT2D eigenvalue weighted by Crippen LogP contribution is -2.15. The van der Waals surface area contributed by atoms with Crippen LogP contribution in [-0.2, 0) is 6.54 Å². The molecule has 1 aromatic carbocycles. The van der Waals surface area contributed by atoms with Crippen molar-refractivity contribution in [3.05, 3.63) is 29.6 Å². The van der Waals surface area contributed by atoms with Crippen molar-refractivity contribution in [1.82, 2.24) is 5.32 Å². The van der Waals surface area contributed by atoms with Crippen LogP contribution < -0.4 is 10.1 Å². The summed E-state index contributed by atoms with van der Waals surface area (Å²) >= 11 is 1.86. The molecule has 0 spiro atoms. The van der Waals surface area contributed by atoms with Crippen LogP contribution >= 0.6 is 11.8 Å².